The van der Waals surface area contributed by atoms with Gasteiger partial charge in [-0.1, -0.05) is 6.07 Å². The summed E-state index contributed by atoms with van der Waals surface area (Å²) in [7, 11) is -3.23. The molecule has 0 aliphatic heterocycles. The first-order valence-electron chi connectivity index (χ1n) is 7.56. The van der Waals surface area contributed by atoms with E-state index in [1.54, 1.807) is 30.5 Å². The van der Waals surface area contributed by atoms with Crippen molar-refractivity contribution in [3.05, 3.63) is 54.7 Å². The molecule has 0 radical (unpaired) electrons. The van der Waals surface area contributed by atoms with E-state index < -0.39 is 9.84 Å². The normalized spacial score (nSPS) is 11.3. The van der Waals surface area contributed by atoms with E-state index in [1.807, 2.05) is 24.3 Å². The summed E-state index contributed by atoms with van der Waals surface area (Å²) in [5.74, 6) is 0.478. The Balaban J connectivity index is 1.96. The third-order valence-corrected chi connectivity index (χ3v) is 4.76. The topological polar surface area (TPSA) is 88.2 Å². The number of carbonyl (C=O) groups excluding carboxylic acids is 1. The summed E-state index contributed by atoms with van der Waals surface area (Å²) in [6.07, 6.45) is 2.86. The number of hydrogen-bond donors (Lipinski definition) is 2. The van der Waals surface area contributed by atoms with Crippen molar-refractivity contribution >= 4 is 43.7 Å². The van der Waals surface area contributed by atoms with Crippen molar-refractivity contribution in [2.75, 3.05) is 16.9 Å². The van der Waals surface area contributed by atoms with Crippen LogP contribution < -0.4 is 10.6 Å². The molecule has 0 unspecified atom stereocenters. The molecule has 128 valence electrons. The number of sulfone groups is 1. The van der Waals surface area contributed by atoms with E-state index in [2.05, 4.69) is 15.6 Å². The molecule has 3 rings (SSSR count). The van der Waals surface area contributed by atoms with E-state index in [9.17, 15) is 13.2 Å². The summed E-state index contributed by atoms with van der Waals surface area (Å²) in [6.45, 7) is 1.45. The number of pyridine rings is 1. The standard InChI is InChI=1S/C18H17N3O3S/c1-12(22)20-15-4-3-13-9-10-19-18(17(13)11-15)21-14-5-7-16(8-6-14)25(2,23)24/h3-11H,1-2H3,(H,19,21)(H,20,22). The van der Waals surface area contributed by atoms with Gasteiger partial charge >= 0.3 is 0 Å². The van der Waals surface area contributed by atoms with E-state index in [-0.39, 0.29) is 10.8 Å². The van der Waals surface area contributed by atoms with Gasteiger partial charge < -0.3 is 10.6 Å². The zero-order chi connectivity index (χ0) is 18.0. The maximum absolute atomic E-state index is 11.5. The number of rotatable bonds is 4. The molecule has 0 atom stereocenters. The van der Waals surface area contributed by atoms with Crippen LogP contribution in [-0.2, 0) is 14.6 Å². The van der Waals surface area contributed by atoms with Gasteiger partial charge in [0.1, 0.15) is 5.82 Å². The number of amides is 1. The Labute approximate surface area is 145 Å². The molecule has 2 aromatic carbocycles. The lowest BCUT2D eigenvalue weighted by Gasteiger charge is -2.11. The van der Waals surface area contributed by atoms with Crippen LogP contribution in [0.4, 0.5) is 17.2 Å². The summed E-state index contributed by atoms with van der Waals surface area (Å²) in [5.41, 5.74) is 1.40. The minimum Gasteiger partial charge on any atom is -0.340 e. The molecule has 0 bridgehead atoms. The number of carbonyl (C=O) groups is 1. The monoisotopic (exact) mass is 355 g/mol. The highest BCUT2D eigenvalue weighted by Crippen LogP contribution is 2.27. The van der Waals surface area contributed by atoms with Gasteiger partial charge in [-0.05, 0) is 47.9 Å². The fraction of sp³-hybridized carbons (Fsp3) is 0.111. The molecule has 7 heteroatoms. The zero-order valence-corrected chi connectivity index (χ0v) is 14.6. The Bertz CT molecular complexity index is 1040. The largest absolute Gasteiger partial charge is 0.340 e. The summed E-state index contributed by atoms with van der Waals surface area (Å²) >= 11 is 0. The number of aromatic nitrogens is 1. The minimum atomic E-state index is -3.23. The van der Waals surface area contributed by atoms with Crippen molar-refractivity contribution in [1.29, 1.82) is 0 Å². The Kier molecular flexibility index (Phi) is 4.41. The second-order valence-corrected chi connectivity index (χ2v) is 7.71. The van der Waals surface area contributed by atoms with Crippen LogP contribution in [0.1, 0.15) is 6.92 Å². The zero-order valence-electron chi connectivity index (χ0n) is 13.8. The summed E-state index contributed by atoms with van der Waals surface area (Å²) < 4.78 is 23.1. The van der Waals surface area contributed by atoms with Crippen molar-refractivity contribution in [2.45, 2.75) is 11.8 Å². The van der Waals surface area contributed by atoms with E-state index in [0.29, 0.717) is 11.5 Å². The molecule has 6 nitrogen and oxygen atoms in total. The molecule has 0 fully saturated rings. The molecule has 3 aromatic rings. The predicted octanol–water partition coefficient (Wildman–Crippen LogP) is 3.34. The first-order valence-corrected chi connectivity index (χ1v) is 9.45. The summed E-state index contributed by atoms with van der Waals surface area (Å²) in [4.78, 5) is 15.9. The molecule has 1 aromatic heterocycles. The third kappa shape index (κ3) is 3.95. The first-order chi connectivity index (χ1) is 11.8. The van der Waals surface area contributed by atoms with Crippen molar-refractivity contribution in [3.63, 3.8) is 0 Å². The number of benzene rings is 2. The van der Waals surface area contributed by atoms with Gasteiger partial charge in [0.15, 0.2) is 9.84 Å². The molecule has 0 saturated heterocycles. The van der Waals surface area contributed by atoms with Gasteiger partial charge in [-0.2, -0.15) is 0 Å². The molecular formula is C18H17N3O3S. The van der Waals surface area contributed by atoms with Gasteiger partial charge in [0, 0.05) is 36.1 Å². The quantitative estimate of drug-likeness (QED) is 0.749. The molecule has 0 aliphatic rings. The average molecular weight is 355 g/mol. The highest BCUT2D eigenvalue weighted by Gasteiger charge is 2.08. The van der Waals surface area contributed by atoms with Gasteiger partial charge in [-0.25, -0.2) is 13.4 Å². The fourth-order valence-corrected chi connectivity index (χ4v) is 3.10. The Morgan fingerprint density at radius 3 is 2.32 bits per heavy atom. The van der Waals surface area contributed by atoms with Crippen LogP contribution in [0.15, 0.2) is 59.6 Å². The van der Waals surface area contributed by atoms with Crippen LogP contribution in [0.3, 0.4) is 0 Å². The molecule has 0 aliphatic carbocycles. The smallest absolute Gasteiger partial charge is 0.221 e. The van der Waals surface area contributed by atoms with Crippen LogP contribution in [0, 0.1) is 0 Å². The lowest BCUT2D eigenvalue weighted by atomic mass is 10.1. The van der Waals surface area contributed by atoms with Crippen molar-refractivity contribution < 1.29 is 13.2 Å². The van der Waals surface area contributed by atoms with Gasteiger partial charge in [-0.15, -0.1) is 0 Å². The van der Waals surface area contributed by atoms with Crippen LogP contribution in [0.25, 0.3) is 10.8 Å². The maximum Gasteiger partial charge on any atom is 0.221 e. The Morgan fingerprint density at radius 1 is 1.00 bits per heavy atom. The number of fused-ring (bicyclic) bond motifs is 1. The summed E-state index contributed by atoms with van der Waals surface area (Å²) in [5, 5.41) is 7.76. The van der Waals surface area contributed by atoms with Gasteiger partial charge in [0.2, 0.25) is 5.91 Å². The highest BCUT2D eigenvalue weighted by molar-refractivity contribution is 7.90. The molecule has 0 saturated carbocycles. The molecule has 25 heavy (non-hydrogen) atoms. The van der Waals surface area contributed by atoms with Crippen LogP contribution >= 0.6 is 0 Å². The SMILES string of the molecule is CC(=O)Nc1ccc2ccnc(Nc3ccc(S(C)(=O)=O)cc3)c2c1. The second kappa shape index (κ2) is 6.52. The third-order valence-electron chi connectivity index (χ3n) is 3.63. The predicted molar refractivity (Wildman–Crippen MR) is 98.9 cm³/mol. The van der Waals surface area contributed by atoms with E-state index in [1.165, 1.54) is 13.2 Å². The van der Waals surface area contributed by atoms with E-state index in [0.717, 1.165) is 16.5 Å². The number of anilines is 3. The van der Waals surface area contributed by atoms with Crippen LogP contribution in [-0.4, -0.2) is 25.6 Å². The first kappa shape index (κ1) is 16.9. The lowest BCUT2D eigenvalue weighted by Crippen LogP contribution is -2.05. The van der Waals surface area contributed by atoms with Gasteiger partial charge in [-0.3, -0.25) is 4.79 Å². The second-order valence-electron chi connectivity index (χ2n) is 5.70. The number of nitrogens with zero attached hydrogens (tertiary/aromatic N) is 1. The van der Waals surface area contributed by atoms with Crippen molar-refractivity contribution in [2.24, 2.45) is 0 Å². The molecule has 0 spiro atoms. The molecule has 1 amide bonds. The number of nitrogens with one attached hydrogen (secondary N) is 2. The molecule has 1 heterocycles. The van der Waals surface area contributed by atoms with Crippen LogP contribution in [0.5, 0.6) is 0 Å². The maximum atomic E-state index is 11.5. The summed E-state index contributed by atoms with van der Waals surface area (Å²) in [6, 6.07) is 13.9. The average Bonchev–Trinajstić information content (AvgIpc) is 2.54. The lowest BCUT2D eigenvalue weighted by molar-refractivity contribution is -0.114. The van der Waals surface area contributed by atoms with Gasteiger partial charge in [0.25, 0.3) is 0 Å². The van der Waals surface area contributed by atoms with Crippen molar-refractivity contribution in [1.82, 2.24) is 4.98 Å². The Hall–Kier alpha value is -2.93. The number of hydrogen-bond acceptors (Lipinski definition) is 5. The van der Waals surface area contributed by atoms with E-state index in [4.69, 9.17) is 0 Å². The van der Waals surface area contributed by atoms with Crippen LogP contribution in [0.2, 0.25) is 0 Å². The molecular weight excluding hydrogens is 338 g/mol. The highest BCUT2D eigenvalue weighted by atomic mass is 32.2. The molecule has 2 N–H and O–H groups in total. The fourth-order valence-electron chi connectivity index (χ4n) is 2.47. The minimum absolute atomic E-state index is 0.144. The van der Waals surface area contributed by atoms with E-state index >= 15 is 0 Å². The van der Waals surface area contributed by atoms with Crippen molar-refractivity contribution in [3.8, 4) is 0 Å². The Morgan fingerprint density at radius 2 is 1.68 bits per heavy atom. The van der Waals surface area contributed by atoms with Gasteiger partial charge in [0.05, 0.1) is 4.90 Å².